The van der Waals surface area contributed by atoms with Crippen LogP contribution in [0.15, 0.2) is 0 Å². The monoisotopic (exact) mass is 252 g/mol. The molecule has 2 amide bonds. The zero-order valence-electron chi connectivity index (χ0n) is 11.3. The van der Waals surface area contributed by atoms with Gasteiger partial charge in [0.1, 0.15) is 6.04 Å². The molecule has 2 aliphatic rings. The Morgan fingerprint density at radius 1 is 1.22 bits per heavy atom. The number of unbranched alkanes of at least 4 members (excludes halogenated alkanes) is 1. The van der Waals surface area contributed by atoms with Crippen LogP contribution in [0.25, 0.3) is 0 Å². The Hall–Kier alpha value is -1.06. The van der Waals surface area contributed by atoms with Crippen molar-refractivity contribution in [3.05, 3.63) is 0 Å². The van der Waals surface area contributed by atoms with Gasteiger partial charge in [0, 0.05) is 6.54 Å². The van der Waals surface area contributed by atoms with Crippen LogP contribution in [-0.4, -0.2) is 35.8 Å². The fraction of sp³-hybridized carbons (Fsp3) is 0.857. The molecule has 1 aliphatic carbocycles. The number of hydrogen-bond acceptors (Lipinski definition) is 2. The summed E-state index contributed by atoms with van der Waals surface area (Å²) in [4.78, 5) is 25.9. The first-order valence-corrected chi connectivity index (χ1v) is 7.30. The fourth-order valence-corrected chi connectivity index (χ4v) is 3.05. The van der Waals surface area contributed by atoms with Crippen LogP contribution in [0.5, 0.6) is 0 Å². The van der Waals surface area contributed by atoms with Crippen LogP contribution in [0.1, 0.15) is 51.9 Å². The molecule has 0 spiro atoms. The van der Waals surface area contributed by atoms with Gasteiger partial charge in [0.25, 0.3) is 0 Å². The summed E-state index contributed by atoms with van der Waals surface area (Å²) in [6, 6.07) is -0.247. The maximum Gasteiger partial charge on any atom is 0.245 e. The lowest BCUT2D eigenvalue weighted by Crippen LogP contribution is -2.60. The topological polar surface area (TPSA) is 49.4 Å². The van der Waals surface area contributed by atoms with Gasteiger partial charge in [0.05, 0.1) is 6.54 Å². The van der Waals surface area contributed by atoms with Gasteiger partial charge in [-0.2, -0.15) is 0 Å². The Morgan fingerprint density at radius 3 is 2.61 bits per heavy atom. The average molecular weight is 252 g/mol. The number of piperazine rings is 1. The van der Waals surface area contributed by atoms with Gasteiger partial charge in [-0.3, -0.25) is 9.59 Å². The van der Waals surface area contributed by atoms with Crippen molar-refractivity contribution >= 4 is 11.8 Å². The van der Waals surface area contributed by atoms with Gasteiger partial charge in [0.2, 0.25) is 11.8 Å². The molecule has 2 rings (SSSR count). The second kappa shape index (κ2) is 6.21. The minimum atomic E-state index is -0.247. The average Bonchev–Trinajstić information content (AvgIpc) is 2.40. The lowest BCUT2D eigenvalue weighted by molar-refractivity contribution is -0.146. The van der Waals surface area contributed by atoms with Crippen LogP contribution in [0.3, 0.4) is 0 Å². The van der Waals surface area contributed by atoms with Gasteiger partial charge < -0.3 is 10.2 Å². The van der Waals surface area contributed by atoms with E-state index in [0.717, 1.165) is 32.2 Å². The number of hydrogen-bond donors (Lipinski definition) is 1. The molecule has 1 N–H and O–H groups in total. The summed E-state index contributed by atoms with van der Waals surface area (Å²) in [5.41, 5.74) is 0. The van der Waals surface area contributed by atoms with Crippen molar-refractivity contribution in [1.29, 1.82) is 0 Å². The summed E-state index contributed by atoms with van der Waals surface area (Å²) < 4.78 is 0. The summed E-state index contributed by atoms with van der Waals surface area (Å²) >= 11 is 0. The molecule has 1 heterocycles. The zero-order chi connectivity index (χ0) is 13.0. The number of carbonyl (C=O) groups is 2. The molecule has 1 aliphatic heterocycles. The molecule has 0 aromatic heterocycles. The van der Waals surface area contributed by atoms with Crippen LogP contribution in [-0.2, 0) is 9.59 Å². The quantitative estimate of drug-likeness (QED) is 0.828. The van der Waals surface area contributed by atoms with E-state index >= 15 is 0 Å². The number of rotatable bonds is 4. The maximum atomic E-state index is 12.4. The van der Waals surface area contributed by atoms with E-state index < -0.39 is 0 Å². The SMILES string of the molecule is CCCCN1CC(=O)NC(C2CCCCC2)C1=O. The van der Waals surface area contributed by atoms with Gasteiger partial charge in [-0.1, -0.05) is 32.6 Å². The fourth-order valence-electron chi connectivity index (χ4n) is 3.05. The van der Waals surface area contributed by atoms with Crippen LogP contribution in [0.4, 0.5) is 0 Å². The largest absolute Gasteiger partial charge is 0.342 e. The van der Waals surface area contributed by atoms with E-state index in [4.69, 9.17) is 0 Å². The Balaban J connectivity index is 1.99. The van der Waals surface area contributed by atoms with Crippen molar-refractivity contribution in [3.8, 4) is 0 Å². The first-order chi connectivity index (χ1) is 8.72. The summed E-state index contributed by atoms with van der Waals surface area (Å²) in [6.45, 7) is 3.08. The van der Waals surface area contributed by atoms with Crippen LogP contribution < -0.4 is 5.32 Å². The highest BCUT2D eigenvalue weighted by atomic mass is 16.2. The third kappa shape index (κ3) is 3.03. The predicted molar refractivity (Wildman–Crippen MR) is 70.0 cm³/mol. The number of carbonyl (C=O) groups excluding carboxylic acids is 2. The molecular formula is C14H24N2O2. The van der Waals surface area contributed by atoms with Crippen LogP contribution in [0.2, 0.25) is 0 Å². The van der Waals surface area contributed by atoms with Crippen molar-refractivity contribution < 1.29 is 9.59 Å². The Labute approximate surface area is 109 Å². The molecule has 18 heavy (non-hydrogen) atoms. The third-order valence-corrected chi connectivity index (χ3v) is 4.13. The molecule has 1 saturated carbocycles. The first kappa shape index (κ1) is 13.4. The normalized spacial score (nSPS) is 26.3. The lowest BCUT2D eigenvalue weighted by atomic mass is 9.82. The van der Waals surface area contributed by atoms with Crippen molar-refractivity contribution in [3.63, 3.8) is 0 Å². The van der Waals surface area contributed by atoms with E-state index in [1.165, 1.54) is 19.3 Å². The molecular weight excluding hydrogens is 228 g/mol. The molecule has 0 aromatic rings. The van der Waals surface area contributed by atoms with E-state index in [1.807, 2.05) is 0 Å². The molecule has 1 unspecified atom stereocenters. The molecule has 2 fully saturated rings. The van der Waals surface area contributed by atoms with Crippen LogP contribution in [0, 0.1) is 5.92 Å². The highest BCUT2D eigenvalue weighted by Crippen LogP contribution is 2.28. The summed E-state index contributed by atoms with van der Waals surface area (Å²) in [7, 11) is 0. The lowest BCUT2D eigenvalue weighted by Gasteiger charge is -2.37. The number of nitrogens with one attached hydrogen (secondary N) is 1. The van der Waals surface area contributed by atoms with E-state index in [-0.39, 0.29) is 24.4 Å². The van der Waals surface area contributed by atoms with Crippen LogP contribution >= 0.6 is 0 Å². The number of amides is 2. The smallest absolute Gasteiger partial charge is 0.245 e. The van der Waals surface area contributed by atoms with Crippen molar-refractivity contribution in [2.24, 2.45) is 5.92 Å². The minimum Gasteiger partial charge on any atom is -0.342 e. The standard InChI is InChI=1S/C14H24N2O2/c1-2-3-9-16-10-12(17)15-13(14(16)18)11-7-5-4-6-8-11/h11,13H,2-10H2,1H3,(H,15,17). The molecule has 102 valence electrons. The van der Waals surface area contributed by atoms with E-state index in [2.05, 4.69) is 12.2 Å². The predicted octanol–water partition coefficient (Wildman–Crippen LogP) is 1.69. The molecule has 4 nitrogen and oxygen atoms in total. The molecule has 0 radical (unpaired) electrons. The zero-order valence-corrected chi connectivity index (χ0v) is 11.3. The Kier molecular flexibility index (Phi) is 4.61. The third-order valence-electron chi connectivity index (χ3n) is 4.13. The maximum absolute atomic E-state index is 12.4. The van der Waals surface area contributed by atoms with Gasteiger partial charge in [-0.05, 0) is 25.2 Å². The Morgan fingerprint density at radius 2 is 1.94 bits per heavy atom. The summed E-state index contributed by atoms with van der Waals surface area (Å²) in [5, 5.41) is 2.91. The van der Waals surface area contributed by atoms with Gasteiger partial charge >= 0.3 is 0 Å². The van der Waals surface area contributed by atoms with E-state index in [9.17, 15) is 9.59 Å². The van der Waals surface area contributed by atoms with Crippen molar-refractivity contribution in [1.82, 2.24) is 10.2 Å². The van der Waals surface area contributed by atoms with Crippen molar-refractivity contribution in [2.75, 3.05) is 13.1 Å². The minimum absolute atomic E-state index is 0.0151. The Bertz CT molecular complexity index is 311. The van der Waals surface area contributed by atoms with Gasteiger partial charge in [-0.25, -0.2) is 0 Å². The molecule has 1 saturated heterocycles. The first-order valence-electron chi connectivity index (χ1n) is 7.30. The van der Waals surface area contributed by atoms with Gasteiger partial charge in [0.15, 0.2) is 0 Å². The highest BCUT2D eigenvalue weighted by molar-refractivity contribution is 5.95. The number of nitrogens with zero attached hydrogens (tertiary/aromatic N) is 1. The van der Waals surface area contributed by atoms with Crippen molar-refractivity contribution in [2.45, 2.75) is 57.9 Å². The van der Waals surface area contributed by atoms with E-state index in [1.54, 1.807) is 4.90 Å². The highest BCUT2D eigenvalue weighted by Gasteiger charge is 2.37. The molecule has 0 aromatic carbocycles. The summed E-state index contributed by atoms with van der Waals surface area (Å²) in [5.74, 6) is 0.524. The molecule has 0 bridgehead atoms. The second-order valence-corrected chi connectivity index (χ2v) is 5.56. The molecule has 4 heteroatoms. The van der Waals surface area contributed by atoms with Gasteiger partial charge in [-0.15, -0.1) is 0 Å². The van der Waals surface area contributed by atoms with E-state index in [0.29, 0.717) is 5.92 Å². The summed E-state index contributed by atoms with van der Waals surface area (Å²) in [6.07, 6.45) is 7.86. The second-order valence-electron chi connectivity index (χ2n) is 5.56. The molecule has 1 atom stereocenters.